The fourth-order valence-electron chi connectivity index (χ4n) is 1.80. The second kappa shape index (κ2) is 7.21. The van der Waals surface area contributed by atoms with Gasteiger partial charge < -0.3 is 14.8 Å². The second-order valence-electron chi connectivity index (χ2n) is 4.19. The molecule has 0 amide bonds. The van der Waals surface area contributed by atoms with E-state index in [0.717, 1.165) is 29.5 Å². The molecule has 1 aromatic rings. The lowest BCUT2D eigenvalue weighted by Crippen LogP contribution is -2.28. The minimum absolute atomic E-state index is 0.318. The van der Waals surface area contributed by atoms with Crippen molar-refractivity contribution in [1.82, 2.24) is 5.32 Å². The smallest absolute Gasteiger partial charge is 0.160 e. The van der Waals surface area contributed by atoms with Gasteiger partial charge in [-0.25, -0.2) is 0 Å². The molecule has 1 atom stereocenters. The minimum atomic E-state index is 0.318. The zero-order valence-electron chi connectivity index (χ0n) is 11.4. The zero-order valence-corrected chi connectivity index (χ0v) is 12.3. The zero-order chi connectivity index (χ0) is 13.5. The molecule has 0 fully saturated rings. The van der Waals surface area contributed by atoms with Gasteiger partial charge in [-0.05, 0) is 31.0 Å². The quantitative estimate of drug-likeness (QED) is 0.803. The maximum absolute atomic E-state index is 5.32. The van der Waals surface area contributed by atoms with Crippen LogP contribution in [0.1, 0.15) is 19.4 Å². The van der Waals surface area contributed by atoms with Crippen molar-refractivity contribution in [2.24, 2.45) is 5.92 Å². The number of methoxy groups -OCH3 is 2. The van der Waals surface area contributed by atoms with Gasteiger partial charge in [0.25, 0.3) is 0 Å². The Bertz CT molecular complexity index is 407. The molecule has 0 radical (unpaired) electrons. The molecule has 1 unspecified atom stereocenters. The van der Waals surface area contributed by atoms with Crippen LogP contribution in [0.15, 0.2) is 18.2 Å². The Hall–Kier alpha value is -1.29. The Morgan fingerprint density at radius 3 is 2.50 bits per heavy atom. The molecule has 0 saturated carbocycles. The molecule has 0 aliphatic carbocycles. The van der Waals surface area contributed by atoms with Crippen LogP contribution in [-0.4, -0.2) is 25.8 Å². The first-order valence-electron chi connectivity index (χ1n) is 6.11. The molecule has 0 aliphatic rings. The summed E-state index contributed by atoms with van der Waals surface area (Å²) < 4.78 is 10.5. The van der Waals surface area contributed by atoms with Crippen LogP contribution in [0.25, 0.3) is 0 Å². The van der Waals surface area contributed by atoms with Crippen LogP contribution in [0.3, 0.4) is 0 Å². The van der Waals surface area contributed by atoms with Gasteiger partial charge in [-0.1, -0.05) is 25.2 Å². The Balaban J connectivity index is 2.76. The monoisotopic (exact) mass is 267 g/mol. The van der Waals surface area contributed by atoms with E-state index in [-0.39, 0.29) is 0 Å². The molecule has 0 aromatic heterocycles. The average molecular weight is 267 g/mol. The van der Waals surface area contributed by atoms with E-state index in [1.807, 2.05) is 18.2 Å². The van der Waals surface area contributed by atoms with Gasteiger partial charge in [0, 0.05) is 12.5 Å². The average Bonchev–Trinajstić information content (AvgIpc) is 2.38. The van der Waals surface area contributed by atoms with Gasteiger partial charge in [-0.15, -0.1) is 0 Å². The summed E-state index contributed by atoms with van der Waals surface area (Å²) in [5.41, 5.74) is 1.19. The first-order valence-corrected chi connectivity index (χ1v) is 6.51. The summed E-state index contributed by atoms with van der Waals surface area (Å²) in [6.07, 6.45) is 0.895. The van der Waals surface area contributed by atoms with E-state index in [0.29, 0.717) is 5.92 Å². The number of nitrogens with one attached hydrogen (secondary N) is 1. The molecule has 1 aromatic carbocycles. The van der Waals surface area contributed by atoms with Crippen LogP contribution < -0.4 is 14.8 Å². The van der Waals surface area contributed by atoms with Gasteiger partial charge in [-0.2, -0.15) is 0 Å². The summed E-state index contributed by atoms with van der Waals surface area (Å²) >= 11 is 5.32. The number of hydrogen-bond donors (Lipinski definition) is 1. The predicted molar refractivity (Wildman–Crippen MR) is 78.7 cm³/mol. The molecule has 0 spiro atoms. The Labute approximate surface area is 114 Å². The minimum Gasteiger partial charge on any atom is -0.493 e. The number of ether oxygens (including phenoxy) is 2. The van der Waals surface area contributed by atoms with Crippen LogP contribution in [0.4, 0.5) is 0 Å². The fourth-order valence-corrected chi connectivity index (χ4v) is 2.03. The summed E-state index contributed by atoms with van der Waals surface area (Å²) in [4.78, 5) is 0.910. The van der Waals surface area contributed by atoms with Gasteiger partial charge in [0.2, 0.25) is 0 Å². The lowest BCUT2D eigenvalue weighted by molar-refractivity contribution is 0.354. The molecule has 3 nitrogen and oxygen atoms in total. The number of hydrogen-bond acceptors (Lipinski definition) is 3. The first-order chi connectivity index (χ1) is 8.62. The molecular weight excluding hydrogens is 246 g/mol. The number of thiocarbonyl (C=S) groups is 1. The fraction of sp³-hybridized carbons (Fsp3) is 0.500. The van der Waals surface area contributed by atoms with Crippen LogP contribution in [0, 0.1) is 5.92 Å². The van der Waals surface area contributed by atoms with Gasteiger partial charge in [0.05, 0.1) is 19.2 Å². The highest BCUT2D eigenvalue weighted by molar-refractivity contribution is 7.80. The Morgan fingerprint density at radius 2 is 1.94 bits per heavy atom. The van der Waals surface area contributed by atoms with Crippen molar-refractivity contribution in [3.63, 3.8) is 0 Å². The predicted octanol–water partition coefficient (Wildman–Crippen LogP) is 2.82. The summed E-state index contributed by atoms with van der Waals surface area (Å²) in [7, 11) is 3.29. The molecule has 18 heavy (non-hydrogen) atoms. The molecule has 0 bridgehead atoms. The van der Waals surface area contributed by atoms with Gasteiger partial charge in [-0.3, -0.25) is 0 Å². The van der Waals surface area contributed by atoms with Crippen LogP contribution >= 0.6 is 12.2 Å². The molecule has 1 N–H and O–H groups in total. The van der Waals surface area contributed by atoms with Crippen LogP contribution in [0.5, 0.6) is 11.5 Å². The van der Waals surface area contributed by atoms with Gasteiger partial charge in [0.15, 0.2) is 11.5 Å². The van der Waals surface area contributed by atoms with E-state index in [2.05, 4.69) is 19.2 Å². The second-order valence-corrected chi connectivity index (χ2v) is 4.63. The highest BCUT2D eigenvalue weighted by Gasteiger charge is 2.11. The summed E-state index contributed by atoms with van der Waals surface area (Å²) in [6.45, 7) is 5.05. The van der Waals surface area contributed by atoms with Crippen molar-refractivity contribution in [3.05, 3.63) is 23.8 Å². The Morgan fingerprint density at radius 1 is 1.28 bits per heavy atom. The first kappa shape index (κ1) is 14.8. The van der Waals surface area contributed by atoms with E-state index >= 15 is 0 Å². The molecule has 4 heteroatoms. The van der Waals surface area contributed by atoms with Crippen molar-refractivity contribution >= 4 is 17.2 Å². The molecule has 0 heterocycles. The summed E-state index contributed by atoms with van der Waals surface area (Å²) in [5, 5.41) is 3.19. The summed E-state index contributed by atoms with van der Waals surface area (Å²) in [6, 6.07) is 5.98. The standard InChI is InChI=1S/C14H21NO2S/c1-5-15-14(18)10(2)8-11-6-7-12(16-3)13(9-11)17-4/h6-7,9-10H,5,8H2,1-4H3,(H,15,18). The van der Waals surface area contributed by atoms with E-state index in [1.54, 1.807) is 14.2 Å². The topological polar surface area (TPSA) is 30.5 Å². The van der Waals surface area contributed by atoms with Crippen molar-refractivity contribution in [2.75, 3.05) is 20.8 Å². The van der Waals surface area contributed by atoms with Gasteiger partial charge in [0.1, 0.15) is 0 Å². The highest BCUT2D eigenvalue weighted by atomic mass is 32.1. The largest absolute Gasteiger partial charge is 0.493 e. The Kier molecular flexibility index (Phi) is 5.92. The van der Waals surface area contributed by atoms with E-state index in [4.69, 9.17) is 21.7 Å². The van der Waals surface area contributed by atoms with Gasteiger partial charge >= 0.3 is 0 Å². The lowest BCUT2D eigenvalue weighted by Gasteiger charge is -2.15. The van der Waals surface area contributed by atoms with E-state index < -0.39 is 0 Å². The molecule has 100 valence electrons. The highest BCUT2D eigenvalue weighted by Crippen LogP contribution is 2.28. The molecule has 1 rings (SSSR count). The maximum Gasteiger partial charge on any atom is 0.160 e. The van der Waals surface area contributed by atoms with E-state index in [9.17, 15) is 0 Å². The van der Waals surface area contributed by atoms with Crippen molar-refractivity contribution < 1.29 is 9.47 Å². The van der Waals surface area contributed by atoms with Crippen molar-refractivity contribution in [1.29, 1.82) is 0 Å². The third kappa shape index (κ3) is 3.88. The summed E-state index contributed by atoms with van der Waals surface area (Å²) in [5.74, 6) is 1.83. The number of benzene rings is 1. The number of rotatable bonds is 6. The molecule has 0 aliphatic heterocycles. The maximum atomic E-state index is 5.32. The third-order valence-corrected chi connectivity index (χ3v) is 3.34. The third-order valence-electron chi connectivity index (χ3n) is 2.79. The van der Waals surface area contributed by atoms with Crippen molar-refractivity contribution in [3.8, 4) is 11.5 Å². The van der Waals surface area contributed by atoms with Crippen LogP contribution in [0.2, 0.25) is 0 Å². The lowest BCUT2D eigenvalue weighted by atomic mass is 10.0. The molecule has 0 saturated heterocycles. The SMILES string of the molecule is CCNC(=S)C(C)Cc1ccc(OC)c(OC)c1. The van der Waals surface area contributed by atoms with E-state index in [1.165, 1.54) is 5.56 Å². The van der Waals surface area contributed by atoms with Crippen molar-refractivity contribution in [2.45, 2.75) is 20.3 Å². The molecular formula is C14H21NO2S. The van der Waals surface area contributed by atoms with Crippen LogP contribution in [-0.2, 0) is 6.42 Å². The normalized spacial score (nSPS) is 11.8.